The van der Waals surface area contributed by atoms with E-state index in [0.717, 1.165) is 12.5 Å². The third kappa shape index (κ3) is 0.970. The Morgan fingerprint density at radius 1 is 1.33 bits per heavy atom. The van der Waals surface area contributed by atoms with Gasteiger partial charge in [0.1, 0.15) is 0 Å². The van der Waals surface area contributed by atoms with Gasteiger partial charge < -0.3 is 10.6 Å². The minimum Gasteiger partial charge on any atom is -0.327 e. The van der Waals surface area contributed by atoms with Crippen LogP contribution in [-0.2, 0) is 0 Å². The Kier molecular flexibility index (Phi) is 1.24. The molecule has 0 aromatic carbocycles. The third-order valence-corrected chi connectivity index (χ3v) is 2.50. The van der Waals surface area contributed by atoms with E-state index in [1.54, 1.807) is 0 Å². The largest absolute Gasteiger partial charge is 0.327 e. The fourth-order valence-electron chi connectivity index (χ4n) is 2.11. The number of hydrogen-bond acceptors (Lipinski definition) is 2. The highest BCUT2D eigenvalue weighted by Crippen LogP contribution is 2.25. The smallest absolute Gasteiger partial charge is 0.0170 e. The standard InChI is InChI=1S/C7H14N2/c8-7-3-6-1-2-9(4-6)5-7/h6-7H,1-5,8H2/t6-,7+/m1/s1. The second-order valence-corrected chi connectivity index (χ2v) is 3.41. The van der Waals surface area contributed by atoms with Crippen molar-refractivity contribution < 1.29 is 0 Å². The van der Waals surface area contributed by atoms with Gasteiger partial charge in [-0.1, -0.05) is 0 Å². The van der Waals surface area contributed by atoms with E-state index in [-0.39, 0.29) is 0 Å². The first-order valence-corrected chi connectivity index (χ1v) is 3.82. The number of nitrogens with two attached hydrogens (primary N) is 1. The third-order valence-electron chi connectivity index (χ3n) is 2.50. The van der Waals surface area contributed by atoms with Crippen molar-refractivity contribution in [3.05, 3.63) is 0 Å². The molecule has 2 N–H and O–H groups in total. The van der Waals surface area contributed by atoms with Crippen LogP contribution in [0.4, 0.5) is 0 Å². The van der Waals surface area contributed by atoms with Crippen LogP contribution >= 0.6 is 0 Å². The summed E-state index contributed by atoms with van der Waals surface area (Å²) in [5, 5.41) is 0. The molecule has 3 atom stereocenters. The molecule has 2 aliphatic rings. The predicted octanol–water partition coefficient (Wildman–Crippen LogP) is 0.0393. The van der Waals surface area contributed by atoms with Crippen LogP contribution in [0.15, 0.2) is 0 Å². The molecule has 0 aromatic rings. The van der Waals surface area contributed by atoms with Gasteiger partial charge in [0.25, 0.3) is 0 Å². The number of hydrogen-bond donors (Lipinski definition) is 1. The first-order chi connectivity index (χ1) is 4.34. The second kappa shape index (κ2) is 1.96. The Bertz CT molecular complexity index is 101. The molecule has 1 unspecified atom stereocenters. The molecular formula is C7H14N2. The Hall–Kier alpha value is -0.0800. The van der Waals surface area contributed by atoms with Crippen LogP contribution in [0, 0.1) is 5.92 Å². The summed E-state index contributed by atoms with van der Waals surface area (Å²) >= 11 is 0. The van der Waals surface area contributed by atoms with Gasteiger partial charge in [0, 0.05) is 19.1 Å². The Balaban J connectivity index is 2.03. The molecule has 2 heteroatoms. The summed E-state index contributed by atoms with van der Waals surface area (Å²) in [6.45, 7) is 3.78. The molecule has 2 nitrogen and oxygen atoms in total. The van der Waals surface area contributed by atoms with Crippen LogP contribution in [0.5, 0.6) is 0 Å². The van der Waals surface area contributed by atoms with Crippen molar-refractivity contribution in [1.82, 2.24) is 4.90 Å². The highest BCUT2D eigenvalue weighted by molar-refractivity contribution is 4.86. The van der Waals surface area contributed by atoms with Gasteiger partial charge >= 0.3 is 0 Å². The lowest BCUT2D eigenvalue weighted by Gasteiger charge is -2.26. The molecule has 0 aromatic heterocycles. The van der Waals surface area contributed by atoms with Crippen molar-refractivity contribution in [2.45, 2.75) is 18.9 Å². The van der Waals surface area contributed by atoms with Crippen molar-refractivity contribution in [3.63, 3.8) is 0 Å². The molecule has 2 fully saturated rings. The van der Waals surface area contributed by atoms with E-state index in [9.17, 15) is 0 Å². The summed E-state index contributed by atoms with van der Waals surface area (Å²) in [6.07, 6.45) is 2.67. The minimum absolute atomic E-state index is 0.478. The Morgan fingerprint density at radius 3 is 3.00 bits per heavy atom. The lowest BCUT2D eigenvalue weighted by Crippen LogP contribution is -2.41. The van der Waals surface area contributed by atoms with Crippen molar-refractivity contribution in [2.24, 2.45) is 11.7 Å². The zero-order valence-electron chi connectivity index (χ0n) is 5.71. The molecule has 0 aliphatic carbocycles. The Labute approximate surface area is 56.0 Å². The molecule has 2 rings (SSSR count). The summed E-state index contributed by atoms with van der Waals surface area (Å²) in [5.41, 5.74) is 5.81. The molecule has 0 spiro atoms. The monoisotopic (exact) mass is 126 g/mol. The molecule has 52 valence electrons. The maximum atomic E-state index is 5.81. The van der Waals surface area contributed by atoms with Crippen LogP contribution in [0.25, 0.3) is 0 Å². The van der Waals surface area contributed by atoms with Crippen LogP contribution < -0.4 is 5.73 Å². The lowest BCUT2D eigenvalue weighted by molar-refractivity contribution is 0.244. The highest BCUT2D eigenvalue weighted by atomic mass is 15.2. The van der Waals surface area contributed by atoms with Gasteiger partial charge in [-0.05, 0) is 25.3 Å². The summed E-state index contributed by atoms with van der Waals surface area (Å²) < 4.78 is 0. The van der Waals surface area contributed by atoms with Gasteiger partial charge in [-0.2, -0.15) is 0 Å². The maximum Gasteiger partial charge on any atom is 0.0170 e. The van der Waals surface area contributed by atoms with E-state index in [1.807, 2.05) is 0 Å². The second-order valence-electron chi connectivity index (χ2n) is 3.41. The van der Waals surface area contributed by atoms with Gasteiger partial charge in [0.15, 0.2) is 0 Å². The zero-order chi connectivity index (χ0) is 6.27. The van der Waals surface area contributed by atoms with Crippen LogP contribution in [-0.4, -0.2) is 30.6 Å². The topological polar surface area (TPSA) is 29.3 Å². The quantitative estimate of drug-likeness (QED) is 0.496. The summed E-state index contributed by atoms with van der Waals surface area (Å²) in [6, 6.07) is 0.478. The number of nitrogens with zero attached hydrogens (tertiary/aromatic N) is 1. The van der Waals surface area contributed by atoms with E-state index < -0.39 is 0 Å². The molecule has 0 amide bonds. The molecule has 2 saturated heterocycles. The molecule has 0 radical (unpaired) electrons. The van der Waals surface area contributed by atoms with E-state index in [4.69, 9.17) is 5.73 Å². The summed E-state index contributed by atoms with van der Waals surface area (Å²) in [7, 11) is 0. The summed E-state index contributed by atoms with van der Waals surface area (Å²) in [5.74, 6) is 0.939. The van der Waals surface area contributed by atoms with Gasteiger partial charge in [-0.15, -0.1) is 0 Å². The number of fused-ring (bicyclic) bond motifs is 2. The summed E-state index contributed by atoms with van der Waals surface area (Å²) in [4.78, 5) is 2.48. The van der Waals surface area contributed by atoms with Crippen molar-refractivity contribution in [1.29, 1.82) is 0 Å². The van der Waals surface area contributed by atoms with Crippen molar-refractivity contribution in [2.75, 3.05) is 19.6 Å². The number of rotatable bonds is 0. The predicted molar refractivity (Wildman–Crippen MR) is 37.1 cm³/mol. The molecule has 2 bridgehead atoms. The van der Waals surface area contributed by atoms with Crippen LogP contribution in [0.2, 0.25) is 0 Å². The zero-order valence-corrected chi connectivity index (χ0v) is 5.71. The fraction of sp³-hybridized carbons (Fsp3) is 1.00. The molecule has 2 aliphatic heterocycles. The normalized spacial score (nSPS) is 49.7. The van der Waals surface area contributed by atoms with Gasteiger partial charge in [0.2, 0.25) is 0 Å². The molecular weight excluding hydrogens is 112 g/mol. The molecule has 2 heterocycles. The first kappa shape index (κ1) is 5.69. The van der Waals surface area contributed by atoms with E-state index in [0.29, 0.717) is 6.04 Å². The average molecular weight is 126 g/mol. The van der Waals surface area contributed by atoms with Gasteiger partial charge in [0.05, 0.1) is 0 Å². The van der Waals surface area contributed by atoms with Gasteiger partial charge in [-0.3, -0.25) is 0 Å². The molecule has 9 heavy (non-hydrogen) atoms. The number of piperidine rings is 1. The van der Waals surface area contributed by atoms with E-state index >= 15 is 0 Å². The SMILES string of the molecule is N[C@H]1C[C@H]2CCN(C1)C2. The fourth-order valence-corrected chi connectivity index (χ4v) is 2.11. The lowest BCUT2D eigenvalue weighted by atomic mass is 9.98. The van der Waals surface area contributed by atoms with Crippen molar-refractivity contribution >= 4 is 0 Å². The first-order valence-electron chi connectivity index (χ1n) is 3.82. The van der Waals surface area contributed by atoms with Crippen LogP contribution in [0.1, 0.15) is 12.8 Å². The van der Waals surface area contributed by atoms with E-state index in [2.05, 4.69) is 4.90 Å². The van der Waals surface area contributed by atoms with Crippen LogP contribution in [0.3, 0.4) is 0 Å². The average Bonchev–Trinajstić information content (AvgIpc) is 2.11. The van der Waals surface area contributed by atoms with Gasteiger partial charge in [-0.25, -0.2) is 0 Å². The minimum atomic E-state index is 0.478. The molecule has 0 saturated carbocycles. The van der Waals surface area contributed by atoms with Crippen molar-refractivity contribution in [3.8, 4) is 0 Å². The maximum absolute atomic E-state index is 5.81. The van der Waals surface area contributed by atoms with E-state index in [1.165, 1.54) is 25.9 Å². The highest BCUT2D eigenvalue weighted by Gasteiger charge is 2.29. The Morgan fingerprint density at radius 2 is 2.22 bits per heavy atom.